The van der Waals surface area contributed by atoms with Crippen LogP contribution in [-0.2, 0) is 6.42 Å². The molecule has 20 heavy (non-hydrogen) atoms. The van der Waals surface area contributed by atoms with Crippen LogP contribution in [-0.4, -0.2) is 33.8 Å². The molecule has 1 fully saturated rings. The van der Waals surface area contributed by atoms with Crippen molar-refractivity contribution in [2.45, 2.75) is 59.6 Å². The standard InChI is InChI=1S/C15H26N4O/c1-6-12-18-13(16-7-2)9(3)14(19-12)17-10-8-11(20)15(10,4)5/h10-11,20H,6-8H2,1-5H3,(H2,16,17,18,19). The van der Waals surface area contributed by atoms with Crippen LogP contribution in [0.15, 0.2) is 0 Å². The van der Waals surface area contributed by atoms with E-state index >= 15 is 0 Å². The first-order valence-electron chi connectivity index (χ1n) is 7.46. The fourth-order valence-electron chi connectivity index (χ4n) is 2.51. The lowest BCUT2D eigenvalue weighted by molar-refractivity contribution is -0.0511. The molecule has 1 aliphatic rings. The van der Waals surface area contributed by atoms with Crippen molar-refractivity contribution in [2.75, 3.05) is 17.2 Å². The molecule has 0 radical (unpaired) electrons. The number of aromatic nitrogens is 2. The number of aliphatic hydroxyl groups is 1. The molecule has 1 saturated carbocycles. The number of anilines is 2. The van der Waals surface area contributed by atoms with Crippen LogP contribution in [0.1, 0.15) is 45.5 Å². The highest BCUT2D eigenvalue weighted by atomic mass is 16.3. The van der Waals surface area contributed by atoms with Crippen molar-refractivity contribution >= 4 is 11.6 Å². The van der Waals surface area contributed by atoms with E-state index in [0.29, 0.717) is 0 Å². The Kier molecular flexibility index (Phi) is 4.18. The number of hydrogen-bond acceptors (Lipinski definition) is 5. The van der Waals surface area contributed by atoms with Crippen molar-refractivity contribution in [2.24, 2.45) is 5.41 Å². The maximum Gasteiger partial charge on any atom is 0.135 e. The summed E-state index contributed by atoms with van der Waals surface area (Å²) in [6.07, 6.45) is 1.35. The van der Waals surface area contributed by atoms with Gasteiger partial charge in [-0.25, -0.2) is 9.97 Å². The Morgan fingerprint density at radius 3 is 2.40 bits per heavy atom. The largest absolute Gasteiger partial charge is 0.392 e. The normalized spacial score (nSPS) is 24.1. The van der Waals surface area contributed by atoms with Crippen LogP contribution < -0.4 is 10.6 Å². The maximum atomic E-state index is 9.85. The van der Waals surface area contributed by atoms with Gasteiger partial charge in [0.25, 0.3) is 0 Å². The van der Waals surface area contributed by atoms with E-state index < -0.39 is 0 Å². The Balaban J connectivity index is 2.25. The molecule has 0 amide bonds. The van der Waals surface area contributed by atoms with Gasteiger partial charge >= 0.3 is 0 Å². The van der Waals surface area contributed by atoms with E-state index in [1.807, 2.05) is 6.92 Å². The molecule has 0 saturated heterocycles. The highest BCUT2D eigenvalue weighted by molar-refractivity contribution is 5.58. The molecule has 0 aliphatic heterocycles. The van der Waals surface area contributed by atoms with Gasteiger partial charge < -0.3 is 15.7 Å². The van der Waals surface area contributed by atoms with Crippen LogP contribution in [0.25, 0.3) is 0 Å². The van der Waals surface area contributed by atoms with Gasteiger partial charge in [-0.1, -0.05) is 20.8 Å². The summed E-state index contributed by atoms with van der Waals surface area (Å²) in [5, 5.41) is 16.6. The first-order valence-corrected chi connectivity index (χ1v) is 7.46. The Hall–Kier alpha value is -1.36. The van der Waals surface area contributed by atoms with E-state index in [1.54, 1.807) is 0 Å². The van der Waals surface area contributed by atoms with Crippen LogP contribution >= 0.6 is 0 Å². The summed E-state index contributed by atoms with van der Waals surface area (Å²) in [6, 6.07) is 0.255. The molecular formula is C15H26N4O. The molecule has 1 aliphatic carbocycles. The second-order valence-electron chi connectivity index (χ2n) is 6.12. The van der Waals surface area contributed by atoms with Gasteiger partial charge in [-0.3, -0.25) is 0 Å². The number of nitrogens with zero attached hydrogens (tertiary/aromatic N) is 2. The molecule has 2 rings (SSSR count). The zero-order valence-corrected chi connectivity index (χ0v) is 13.1. The van der Waals surface area contributed by atoms with Gasteiger partial charge in [0.2, 0.25) is 0 Å². The van der Waals surface area contributed by atoms with Gasteiger partial charge in [0.1, 0.15) is 17.5 Å². The molecule has 0 aromatic carbocycles. The Morgan fingerprint density at radius 1 is 1.25 bits per heavy atom. The van der Waals surface area contributed by atoms with E-state index in [4.69, 9.17) is 0 Å². The molecule has 112 valence electrons. The van der Waals surface area contributed by atoms with Crippen LogP contribution in [0, 0.1) is 12.3 Å². The van der Waals surface area contributed by atoms with Gasteiger partial charge in [0, 0.05) is 30.0 Å². The molecular weight excluding hydrogens is 252 g/mol. The summed E-state index contributed by atoms with van der Waals surface area (Å²) in [6.45, 7) is 11.2. The molecule has 1 aromatic heterocycles. The lowest BCUT2D eigenvalue weighted by Gasteiger charge is -2.49. The van der Waals surface area contributed by atoms with E-state index in [2.05, 4.69) is 48.3 Å². The summed E-state index contributed by atoms with van der Waals surface area (Å²) in [7, 11) is 0. The van der Waals surface area contributed by atoms with Gasteiger partial charge in [0.15, 0.2) is 0 Å². The van der Waals surface area contributed by atoms with Crippen molar-refractivity contribution in [3.05, 3.63) is 11.4 Å². The van der Waals surface area contributed by atoms with Gasteiger partial charge in [-0.15, -0.1) is 0 Å². The molecule has 1 aromatic rings. The number of nitrogens with one attached hydrogen (secondary N) is 2. The first-order chi connectivity index (χ1) is 9.40. The van der Waals surface area contributed by atoms with Crippen molar-refractivity contribution in [1.82, 2.24) is 9.97 Å². The lowest BCUT2D eigenvalue weighted by atomic mass is 9.64. The van der Waals surface area contributed by atoms with E-state index in [0.717, 1.165) is 42.4 Å². The lowest BCUT2D eigenvalue weighted by Crippen LogP contribution is -2.57. The van der Waals surface area contributed by atoms with Crippen molar-refractivity contribution in [1.29, 1.82) is 0 Å². The first kappa shape index (κ1) is 15.0. The Bertz CT molecular complexity index is 487. The SMILES string of the molecule is CCNc1nc(CC)nc(NC2CC(O)C2(C)C)c1C. The van der Waals surface area contributed by atoms with Gasteiger partial charge in [-0.2, -0.15) is 0 Å². The average molecular weight is 278 g/mol. The van der Waals surface area contributed by atoms with Gasteiger partial charge in [-0.05, 0) is 20.3 Å². The number of rotatable bonds is 5. The third kappa shape index (κ3) is 2.59. The minimum absolute atomic E-state index is 0.109. The second kappa shape index (κ2) is 5.56. The minimum Gasteiger partial charge on any atom is -0.392 e. The number of aryl methyl sites for hydroxylation is 1. The topological polar surface area (TPSA) is 70.1 Å². The predicted molar refractivity (Wildman–Crippen MR) is 82.1 cm³/mol. The summed E-state index contributed by atoms with van der Waals surface area (Å²) in [4.78, 5) is 9.13. The zero-order valence-electron chi connectivity index (χ0n) is 13.1. The molecule has 0 spiro atoms. The fourth-order valence-corrected chi connectivity index (χ4v) is 2.51. The summed E-state index contributed by atoms with van der Waals surface area (Å²) >= 11 is 0. The highest BCUT2D eigenvalue weighted by Gasteiger charge is 2.47. The van der Waals surface area contributed by atoms with Crippen molar-refractivity contribution in [3.8, 4) is 0 Å². The number of hydrogen-bond donors (Lipinski definition) is 3. The molecule has 0 bridgehead atoms. The number of aliphatic hydroxyl groups excluding tert-OH is 1. The molecule has 5 heteroatoms. The third-order valence-electron chi connectivity index (χ3n) is 4.38. The van der Waals surface area contributed by atoms with E-state index in [1.165, 1.54) is 0 Å². The molecule has 1 heterocycles. The third-order valence-corrected chi connectivity index (χ3v) is 4.38. The Morgan fingerprint density at radius 2 is 1.90 bits per heavy atom. The molecule has 3 N–H and O–H groups in total. The quantitative estimate of drug-likeness (QED) is 0.771. The molecule has 2 unspecified atom stereocenters. The summed E-state index contributed by atoms with van der Waals surface area (Å²) in [5.41, 5.74) is 0.934. The van der Waals surface area contributed by atoms with E-state index in [9.17, 15) is 5.11 Å². The monoisotopic (exact) mass is 278 g/mol. The molecule has 5 nitrogen and oxygen atoms in total. The Labute approximate surface area is 121 Å². The predicted octanol–water partition coefficient (Wildman–Crippen LogP) is 2.35. The summed E-state index contributed by atoms with van der Waals surface area (Å²) in [5.74, 6) is 2.63. The molecule has 2 atom stereocenters. The maximum absolute atomic E-state index is 9.85. The van der Waals surface area contributed by atoms with Crippen molar-refractivity contribution in [3.63, 3.8) is 0 Å². The fraction of sp³-hybridized carbons (Fsp3) is 0.733. The van der Waals surface area contributed by atoms with E-state index in [-0.39, 0.29) is 17.6 Å². The zero-order chi connectivity index (χ0) is 14.9. The van der Waals surface area contributed by atoms with Crippen LogP contribution in [0.4, 0.5) is 11.6 Å². The smallest absolute Gasteiger partial charge is 0.135 e. The van der Waals surface area contributed by atoms with Crippen LogP contribution in [0.2, 0.25) is 0 Å². The minimum atomic E-state index is -0.235. The van der Waals surface area contributed by atoms with Crippen LogP contribution in [0.5, 0.6) is 0 Å². The summed E-state index contributed by atoms with van der Waals surface area (Å²) < 4.78 is 0. The van der Waals surface area contributed by atoms with Crippen LogP contribution in [0.3, 0.4) is 0 Å². The average Bonchev–Trinajstić information content (AvgIpc) is 2.42. The van der Waals surface area contributed by atoms with Crippen molar-refractivity contribution < 1.29 is 5.11 Å². The van der Waals surface area contributed by atoms with Gasteiger partial charge in [0.05, 0.1) is 6.10 Å². The highest BCUT2D eigenvalue weighted by Crippen LogP contribution is 2.42. The second-order valence-corrected chi connectivity index (χ2v) is 6.12.